The molecular formula is C14H22N4OS. The number of nitrogens with one attached hydrogen (secondary N) is 1. The number of hydrogen-bond donors (Lipinski definition) is 2. The highest BCUT2D eigenvalue weighted by Crippen LogP contribution is 2.33. The Labute approximate surface area is 123 Å². The Hall–Kier alpha value is -0.980. The van der Waals surface area contributed by atoms with E-state index < -0.39 is 5.54 Å². The molecule has 0 bridgehead atoms. The van der Waals surface area contributed by atoms with Crippen molar-refractivity contribution in [3.63, 3.8) is 0 Å². The van der Waals surface area contributed by atoms with Crippen LogP contribution < -0.4 is 11.1 Å². The van der Waals surface area contributed by atoms with Crippen molar-refractivity contribution in [1.29, 1.82) is 0 Å². The molecule has 0 spiro atoms. The summed E-state index contributed by atoms with van der Waals surface area (Å²) in [4.78, 5) is 18.8. The maximum Gasteiger partial charge on any atom is 0.246 e. The van der Waals surface area contributed by atoms with Gasteiger partial charge in [0.25, 0.3) is 0 Å². The SMILES string of the molecule is CC1CCCN(Cc2csc(NC(=O)C3(N)CC3)n2)C1. The first-order chi connectivity index (χ1) is 9.55. The number of carbonyl (C=O) groups is 1. The number of nitrogens with zero attached hydrogens (tertiary/aromatic N) is 2. The van der Waals surface area contributed by atoms with Crippen LogP contribution >= 0.6 is 11.3 Å². The molecule has 1 aliphatic carbocycles. The smallest absolute Gasteiger partial charge is 0.246 e. The monoisotopic (exact) mass is 294 g/mol. The largest absolute Gasteiger partial charge is 0.317 e. The highest BCUT2D eigenvalue weighted by Gasteiger charge is 2.46. The minimum atomic E-state index is -0.631. The Bertz CT molecular complexity index is 497. The van der Waals surface area contributed by atoms with Gasteiger partial charge in [0.15, 0.2) is 5.13 Å². The topological polar surface area (TPSA) is 71.2 Å². The molecule has 20 heavy (non-hydrogen) atoms. The zero-order valence-corrected chi connectivity index (χ0v) is 12.7. The van der Waals surface area contributed by atoms with Crippen LogP contribution in [0.1, 0.15) is 38.3 Å². The molecule has 1 saturated carbocycles. The summed E-state index contributed by atoms with van der Waals surface area (Å²) in [5.41, 5.74) is 6.28. The number of likely N-dealkylation sites (tertiary alicyclic amines) is 1. The summed E-state index contributed by atoms with van der Waals surface area (Å²) in [6.07, 6.45) is 4.16. The van der Waals surface area contributed by atoms with E-state index in [1.54, 1.807) is 0 Å². The Morgan fingerprint density at radius 2 is 2.45 bits per heavy atom. The van der Waals surface area contributed by atoms with Gasteiger partial charge in [0.1, 0.15) is 0 Å². The minimum absolute atomic E-state index is 0.0926. The molecule has 2 aliphatic rings. The second-order valence-corrected chi connectivity index (χ2v) is 7.09. The normalized spacial score (nSPS) is 25.4. The van der Waals surface area contributed by atoms with Gasteiger partial charge in [-0.2, -0.15) is 0 Å². The lowest BCUT2D eigenvalue weighted by molar-refractivity contribution is -0.118. The number of nitrogens with two attached hydrogens (primary N) is 1. The Kier molecular flexibility index (Phi) is 3.79. The molecular weight excluding hydrogens is 272 g/mol. The molecule has 1 aliphatic heterocycles. The highest BCUT2D eigenvalue weighted by atomic mass is 32.1. The maximum atomic E-state index is 11.9. The molecule has 110 valence electrons. The van der Waals surface area contributed by atoms with Crippen molar-refractivity contribution in [2.45, 2.75) is 44.7 Å². The van der Waals surface area contributed by atoms with Crippen molar-refractivity contribution in [3.8, 4) is 0 Å². The van der Waals surface area contributed by atoms with E-state index in [1.807, 2.05) is 5.38 Å². The van der Waals surface area contributed by atoms with Crippen LogP contribution in [0.25, 0.3) is 0 Å². The van der Waals surface area contributed by atoms with E-state index in [1.165, 1.54) is 24.2 Å². The summed E-state index contributed by atoms with van der Waals surface area (Å²) in [6.45, 7) is 5.47. The molecule has 1 unspecified atom stereocenters. The first kappa shape index (κ1) is 14.0. The Morgan fingerprint density at radius 1 is 1.65 bits per heavy atom. The summed E-state index contributed by atoms with van der Waals surface area (Å²) in [7, 11) is 0. The fourth-order valence-corrected chi connectivity index (χ4v) is 3.38. The van der Waals surface area contributed by atoms with Gasteiger partial charge >= 0.3 is 0 Å². The molecule has 3 rings (SSSR count). The average molecular weight is 294 g/mol. The van der Waals surface area contributed by atoms with E-state index in [4.69, 9.17) is 5.73 Å². The molecule has 1 aromatic rings. The molecule has 0 aromatic carbocycles. The number of thiazole rings is 1. The fraction of sp³-hybridized carbons (Fsp3) is 0.714. The van der Waals surface area contributed by atoms with Crippen LogP contribution in [0.3, 0.4) is 0 Å². The van der Waals surface area contributed by atoms with Crippen LogP contribution in [-0.2, 0) is 11.3 Å². The number of hydrogen-bond acceptors (Lipinski definition) is 5. The van der Waals surface area contributed by atoms with E-state index in [0.717, 1.165) is 44.1 Å². The van der Waals surface area contributed by atoms with Gasteiger partial charge in [-0.25, -0.2) is 4.98 Å². The zero-order chi connectivity index (χ0) is 14.2. The minimum Gasteiger partial charge on any atom is -0.317 e. The van der Waals surface area contributed by atoms with Crippen LogP contribution in [0, 0.1) is 5.92 Å². The third-order valence-electron chi connectivity index (χ3n) is 4.14. The number of rotatable bonds is 4. The van der Waals surface area contributed by atoms with Crippen molar-refractivity contribution >= 4 is 22.4 Å². The molecule has 2 heterocycles. The summed E-state index contributed by atoms with van der Waals surface area (Å²) >= 11 is 1.49. The van der Waals surface area contributed by atoms with E-state index >= 15 is 0 Å². The molecule has 1 aromatic heterocycles. The summed E-state index contributed by atoms with van der Waals surface area (Å²) in [6, 6.07) is 0. The molecule has 6 heteroatoms. The second-order valence-electron chi connectivity index (χ2n) is 6.24. The Morgan fingerprint density at radius 3 is 3.15 bits per heavy atom. The number of aromatic nitrogens is 1. The lowest BCUT2D eigenvalue weighted by atomic mass is 10.0. The number of carbonyl (C=O) groups excluding carboxylic acids is 1. The first-order valence-electron chi connectivity index (χ1n) is 7.32. The van der Waals surface area contributed by atoms with E-state index in [9.17, 15) is 4.79 Å². The van der Waals surface area contributed by atoms with Gasteiger partial charge < -0.3 is 11.1 Å². The molecule has 3 N–H and O–H groups in total. The van der Waals surface area contributed by atoms with Crippen LogP contribution in [0.2, 0.25) is 0 Å². The standard InChI is InChI=1S/C14H22N4OS/c1-10-3-2-6-18(7-10)8-11-9-20-13(16-11)17-12(19)14(15)4-5-14/h9-10H,2-8,15H2,1H3,(H,16,17,19). The third-order valence-corrected chi connectivity index (χ3v) is 4.95. The average Bonchev–Trinajstić information content (AvgIpc) is 3.01. The molecule has 1 atom stereocenters. The van der Waals surface area contributed by atoms with Gasteiger partial charge in [-0.3, -0.25) is 9.69 Å². The maximum absolute atomic E-state index is 11.9. The van der Waals surface area contributed by atoms with Gasteiger partial charge in [0.2, 0.25) is 5.91 Å². The quantitative estimate of drug-likeness (QED) is 0.888. The van der Waals surface area contributed by atoms with Crippen molar-refractivity contribution in [1.82, 2.24) is 9.88 Å². The Balaban J connectivity index is 1.55. The van der Waals surface area contributed by atoms with Crippen molar-refractivity contribution in [3.05, 3.63) is 11.1 Å². The van der Waals surface area contributed by atoms with Gasteiger partial charge in [0, 0.05) is 18.5 Å². The van der Waals surface area contributed by atoms with Gasteiger partial charge in [-0.1, -0.05) is 6.92 Å². The molecule has 1 amide bonds. The van der Waals surface area contributed by atoms with Crippen LogP contribution in [0.4, 0.5) is 5.13 Å². The number of piperidine rings is 1. The lowest BCUT2D eigenvalue weighted by Gasteiger charge is -2.30. The summed E-state index contributed by atoms with van der Waals surface area (Å²) < 4.78 is 0. The van der Waals surface area contributed by atoms with Gasteiger partial charge in [0.05, 0.1) is 11.2 Å². The molecule has 5 nitrogen and oxygen atoms in total. The first-order valence-corrected chi connectivity index (χ1v) is 8.20. The van der Waals surface area contributed by atoms with E-state index in [2.05, 4.69) is 22.1 Å². The molecule has 0 radical (unpaired) electrons. The van der Waals surface area contributed by atoms with Gasteiger partial charge in [-0.05, 0) is 38.1 Å². The predicted molar refractivity (Wildman–Crippen MR) is 80.6 cm³/mol. The lowest BCUT2D eigenvalue weighted by Crippen LogP contribution is -2.37. The zero-order valence-electron chi connectivity index (χ0n) is 11.9. The van der Waals surface area contributed by atoms with Crippen molar-refractivity contribution in [2.24, 2.45) is 11.7 Å². The van der Waals surface area contributed by atoms with E-state index in [0.29, 0.717) is 5.13 Å². The molecule has 1 saturated heterocycles. The van der Waals surface area contributed by atoms with E-state index in [-0.39, 0.29) is 5.91 Å². The number of amides is 1. The predicted octanol–water partition coefficient (Wildman–Crippen LogP) is 1.80. The highest BCUT2D eigenvalue weighted by molar-refractivity contribution is 7.13. The number of anilines is 1. The fourth-order valence-electron chi connectivity index (χ4n) is 2.68. The van der Waals surface area contributed by atoms with Crippen LogP contribution in [0.5, 0.6) is 0 Å². The molecule has 2 fully saturated rings. The summed E-state index contributed by atoms with van der Waals surface area (Å²) in [5, 5.41) is 5.54. The van der Waals surface area contributed by atoms with Gasteiger partial charge in [-0.15, -0.1) is 11.3 Å². The van der Waals surface area contributed by atoms with Crippen LogP contribution in [-0.4, -0.2) is 34.4 Å². The van der Waals surface area contributed by atoms with Crippen molar-refractivity contribution < 1.29 is 4.79 Å². The second kappa shape index (κ2) is 5.42. The summed E-state index contributed by atoms with van der Waals surface area (Å²) in [5.74, 6) is 0.679. The van der Waals surface area contributed by atoms with Crippen molar-refractivity contribution in [2.75, 3.05) is 18.4 Å². The third kappa shape index (κ3) is 3.19. The van der Waals surface area contributed by atoms with Crippen LogP contribution in [0.15, 0.2) is 5.38 Å².